The summed E-state index contributed by atoms with van der Waals surface area (Å²) in [6, 6.07) is 0.381. The molecule has 1 atom stereocenters. The standard InChI is InChI=1S/C16H31N5/c1-13(16-14(2)18-20(5)15(16)3)17-7-6-8-21-11-9-19(4)10-12-21/h13,17H,6-12H2,1-5H3. The highest BCUT2D eigenvalue weighted by Crippen LogP contribution is 2.20. The molecular formula is C16H31N5. The Labute approximate surface area is 129 Å². The number of aryl methyl sites for hydroxylation is 2. The molecule has 0 bridgehead atoms. The molecular weight excluding hydrogens is 262 g/mol. The van der Waals surface area contributed by atoms with E-state index in [0.717, 1.165) is 12.2 Å². The Morgan fingerprint density at radius 1 is 1.14 bits per heavy atom. The van der Waals surface area contributed by atoms with Crippen molar-refractivity contribution in [2.75, 3.05) is 46.3 Å². The normalized spacial score (nSPS) is 19.1. The van der Waals surface area contributed by atoms with E-state index in [2.05, 4.69) is 48.0 Å². The fourth-order valence-corrected chi connectivity index (χ4v) is 3.21. The zero-order valence-corrected chi connectivity index (χ0v) is 14.3. The van der Waals surface area contributed by atoms with E-state index in [0.29, 0.717) is 6.04 Å². The molecule has 1 aliphatic heterocycles. The summed E-state index contributed by atoms with van der Waals surface area (Å²) >= 11 is 0. The van der Waals surface area contributed by atoms with Crippen molar-refractivity contribution < 1.29 is 0 Å². The molecule has 5 heteroatoms. The Hall–Kier alpha value is -0.910. The first-order valence-corrected chi connectivity index (χ1v) is 8.13. The predicted octanol–water partition coefficient (Wildman–Crippen LogP) is 1.33. The first-order chi connectivity index (χ1) is 9.99. The molecule has 120 valence electrons. The summed E-state index contributed by atoms with van der Waals surface area (Å²) in [7, 11) is 4.23. The first-order valence-electron chi connectivity index (χ1n) is 8.13. The quantitative estimate of drug-likeness (QED) is 0.803. The van der Waals surface area contributed by atoms with E-state index in [-0.39, 0.29) is 0 Å². The molecule has 1 saturated heterocycles. The van der Waals surface area contributed by atoms with Gasteiger partial charge >= 0.3 is 0 Å². The van der Waals surface area contributed by atoms with Crippen LogP contribution in [0.4, 0.5) is 0 Å². The lowest BCUT2D eigenvalue weighted by molar-refractivity contribution is 0.152. The fourth-order valence-electron chi connectivity index (χ4n) is 3.21. The predicted molar refractivity (Wildman–Crippen MR) is 87.7 cm³/mol. The van der Waals surface area contributed by atoms with Gasteiger partial charge in [0.2, 0.25) is 0 Å². The van der Waals surface area contributed by atoms with Gasteiger partial charge in [-0.3, -0.25) is 4.68 Å². The van der Waals surface area contributed by atoms with Gasteiger partial charge in [-0.25, -0.2) is 0 Å². The third-order valence-electron chi connectivity index (χ3n) is 4.70. The fraction of sp³-hybridized carbons (Fsp3) is 0.812. The monoisotopic (exact) mass is 293 g/mol. The average molecular weight is 293 g/mol. The van der Waals surface area contributed by atoms with Crippen LogP contribution in [0.3, 0.4) is 0 Å². The van der Waals surface area contributed by atoms with Gasteiger partial charge in [0.15, 0.2) is 0 Å². The van der Waals surface area contributed by atoms with E-state index in [4.69, 9.17) is 0 Å². The number of nitrogens with zero attached hydrogens (tertiary/aromatic N) is 4. The lowest BCUT2D eigenvalue weighted by atomic mass is 10.1. The lowest BCUT2D eigenvalue weighted by Crippen LogP contribution is -2.45. The summed E-state index contributed by atoms with van der Waals surface area (Å²) in [6.07, 6.45) is 1.21. The third kappa shape index (κ3) is 4.28. The molecule has 0 aromatic carbocycles. The van der Waals surface area contributed by atoms with E-state index >= 15 is 0 Å². The second-order valence-corrected chi connectivity index (χ2v) is 6.38. The average Bonchev–Trinajstić information content (AvgIpc) is 2.70. The Bertz CT molecular complexity index is 446. The smallest absolute Gasteiger partial charge is 0.0644 e. The van der Waals surface area contributed by atoms with E-state index in [1.807, 2.05) is 11.7 Å². The van der Waals surface area contributed by atoms with Crippen molar-refractivity contribution in [2.24, 2.45) is 7.05 Å². The van der Waals surface area contributed by atoms with Crippen LogP contribution in [-0.2, 0) is 7.05 Å². The molecule has 1 aromatic heterocycles. The minimum absolute atomic E-state index is 0.381. The van der Waals surface area contributed by atoms with Crippen molar-refractivity contribution in [1.29, 1.82) is 0 Å². The molecule has 0 amide bonds. The summed E-state index contributed by atoms with van der Waals surface area (Å²) in [6.45, 7) is 13.6. The first kappa shape index (κ1) is 16.5. The molecule has 0 spiro atoms. The molecule has 0 saturated carbocycles. The van der Waals surface area contributed by atoms with Crippen LogP contribution in [0.15, 0.2) is 0 Å². The van der Waals surface area contributed by atoms with Crippen molar-refractivity contribution in [3.05, 3.63) is 17.0 Å². The van der Waals surface area contributed by atoms with Crippen molar-refractivity contribution in [3.8, 4) is 0 Å². The highest BCUT2D eigenvalue weighted by Gasteiger charge is 2.16. The van der Waals surface area contributed by atoms with Gasteiger partial charge in [0.25, 0.3) is 0 Å². The van der Waals surface area contributed by atoms with Crippen molar-refractivity contribution in [3.63, 3.8) is 0 Å². The highest BCUT2D eigenvalue weighted by atomic mass is 15.3. The molecule has 1 unspecified atom stereocenters. The van der Waals surface area contributed by atoms with Crippen molar-refractivity contribution >= 4 is 0 Å². The molecule has 0 aliphatic carbocycles. The summed E-state index contributed by atoms with van der Waals surface area (Å²) in [4.78, 5) is 4.98. The summed E-state index contributed by atoms with van der Waals surface area (Å²) in [5.74, 6) is 0. The number of hydrogen-bond donors (Lipinski definition) is 1. The molecule has 5 nitrogen and oxygen atoms in total. The second-order valence-electron chi connectivity index (χ2n) is 6.38. The molecule has 2 rings (SSSR count). The molecule has 2 heterocycles. The van der Waals surface area contributed by atoms with Crippen LogP contribution < -0.4 is 5.32 Å². The van der Waals surface area contributed by atoms with Crippen LogP contribution in [0.2, 0.25) is 0 Å². The zero-order chi connectivity index (χ0) is 15.4. The minimum atomic E-state index is 0.381. The van der Waals surface area contributed by atoms with Gasteiger partial charge in [0, 0.05) is 50.5 Å². The maximum absolute atomic E-state index is 4.50. The number of nitrogens with one attached hydrogen (secondary N) is 1. The van der Waals surface area contributed by atoms with Gasteiger partial charge in [-0.05, 0) is 47.3 Å². The number of likely N-dealkylation sites (N-methyl/N-ethyl adjacent to an activating group) is 1. The molecule has 1 aromatic rings. The maximum atomic E-state index is 4.50. The van der Waals surface area contributed by atoms with Crippen LogP contribution in [0.1, 0.15) is 36.3 Å². The van der Waals surface area contributed by atoms with E-state index in [1.54, 1.807) is 0 Å². The Morgan fingerprint density at radius 2 is 1.81 bits per heavy atom. The third-order valence-corrected chi connectivity index (χ3v) is 4.70. The van der Waals surface area contributed by atoms with Gasteiger partial charge in [0.05, 0.1) is 5.69 Å². The van der Waals surface area contributed by atoms with Gasteiger partial charge in [-0.1, -0.05) is 0 Å². The van der Waals surface area contributed by atoms with Crippen LogP contribution in [-0.4, -0.2) is 65.9 Å². The number of hydrogen-bond acceptors (Lipinski definition) is 4. The van der Waals surface area contributed by atoms with Crippen LogP contribution in [0, 0.1) is 13.8 Å². The zero-order valence-electron chi connectivity index (χ0n) is 14.3. The SMILES string of the molecule is Cc1nn(C)c(C)c1C(C)NCCCN1CCN(C)CC1. The summed E-state index contributed by atoms with van der Waals surface area (Å²) in [5.41, 5.74) is 3.78. The molecule has 1 N–H and O–H groups in total. The number of piperazine rings is 1. The second kappa shape index (κ2) is 7.38. The number of rotatable bonds is 6. The molecule has 1 fully saturated rings. The highest BCUT2D eigenvalue weighted by molar-refractivity contribution is 5.27. The van der Waals surface area contributed by atoms with Crippen LogP contribution in [0.5, 0.6) is 0 Å². The van der Waals surface area contributed by atoms with Gasteiger partial charge < -0.3 is 15.1 Å². The van der Waals surface area contributed by atoms with Crippen LogP contribution in [0.25, 0.3) is 0 Å². The molecule has 0 radical (unpaired) electrons. The summed E-state index contributed by atoms with van der Waals surface area (Å²) in [5, 5.41) is 8.16. The number of aromatic nitrogens is 2. The molecule has 21 heavy (non-hydrogen) atoms. The largest absolute Gasteiger partial charge is 0.310 e. The Kier molecular flexibility index (Phi) is 5.79. The summed E-state index contributed by atoms with van der Waals surface area (Å²) < 4.78 is 1.98. The Balaban J connectivity index is 1.71. The van der Waals surface area contributed by atoms with E-state index < -0.39 is 0 Å². The lowest BCUT2D eigenvalue weighted by Gasteiger charge is -2.32. The maximum Gasteiger partial charge on any atom is 0.0644 e. The topological polar surface area (TPSA) is 36.3 Å². The van der Waals surface area contributed by atoms with Crippen molar-refractivity contribution in [2.45, 2.75) is 33.2 Å². The molecule has 1 aliphatic rings. The minimum Gasteiger partial charge on any atom is -0.310 e. The van der Waals surface area contributed by atoms with Crippen LogP contribution >= 0.6 is 0 Å². The van der Waals surface area contributed by atoms with Gasteiger partial charge in [-0.15, -0.1) is 0 Å². The van der Waals surface area contributed by atoms with Crippen molar-refractivity contribution in [1.82, 2.24) is 24.9 Å². The van der Waals surface area contributed by atoms with Gasteiger partial charge in [0.1, 0.15) is 0 Å². The Morgan fingerprint density at radius 3 is 2.38 bits per heavy atom. The van der Waals surface area contributed by atoms with Gasteiger partial charge in [-0.2, -0.15) is 5.10 Å². The van der Waals surface area contributed by atoms with E-state index in [9.17, 15) is 0 Å². The van der Waals surface area contributed by atoms with E-state index in [1.165, 1.54) is 50.4 Å².